The van der Waals surface area contributed by atoms with E-state index in [9.17, 15) is 13.2 Å². The average molecular weight is 447 g/mol. The number of sulfonamides is 1. The largest absolute Gasteiger partial charge is 0.497 e. The summed E-state index contributed by atoms with van der Waals surface area (Å²) in [4.78, 5) is 12.9. The molecule has 3 rings (SSSR count). The minimum absolute atomic E-state index is 0.0833. The van der Waals surface area contributed by atoms with Crippen molar-refractivity contribution in [3.63, 3.8) is 0 Å². The van der Waals surface area contributed by atoms with Crippen molar-refractivity contribution in [2.75, 3.05) is 38.4 Å². The number of amides is 1. The second-order valence-electron chi connectivity index (χ2n) is 7.66. The van der Waals surface area contributed by atoms with Gasteiger partial charge in [0.05, 0.1) is 31.6 Å². The lowest BCUT2D eigenvalue weighted by Gasteiger charge is -2.31. The number of rotatable bonds is 9. The van der Waals surface area contributed by atoms with Crippen LogP contribution in [-0.2, 0) is 21.2 Å². The maximum atomic E-state index is 12.9. The Bertz CT molecular complexity index is 979. The van der Waals surface area contributed by atoms with Crippen molar-refractivity contribution < 1.29 is 22.7 Å². The molecule has 0 aliphatic carbocycles. The molecule has 8 heteroatoms. The van der Waals surface area contributed by atoms with Gasteiger partial charge in [-0.3, -0.25) is 4.79 Å². The molecule has 1 saturated heterocycles. The van der Waals surface area contributed by atoms with E-state index in [1.54, 1.807) is 25.3 Å². The number of hydrogen-bond donors (Lipinski definition) is 1. The molecule has 1 aliphatic rings. The number of carbonyl (C=O) groups is 1. The Morgan fingerprint density at radius 2 is 1.90 bits per heavy atom. The molecule has 1 fully saturated rings. The number of nitrogens with one attached hydrogen (secondary N) is 1. The molecule has 0 aromatic heterocycles. The van der Waals surface area contributed by atoms with Crippen molar-refractivity contribution >= 4 is 21.6 Å². The highest BCUT2D eigenvalue weighted by molar-refractivity contribution is 7.89. The zero-order valence-electron chi connectivity index (χ0n) is 18.0. The van der Waals surface area contributed by atoms with E-state index >= 15 is 0 Å². The van der Waals surface area contributed by atoms with Gasteiger partial charge in [0.25, 0.3) is 0 Å². The molecule has 1 N–H and O–H groups in total. The number of anilines is 1. The van der Waals surface area contributed by atoms with Crippen LogP contribution in [0, 0.1) is 5.92 Å². The lowest BCUT2D eigenvalue weighted by Crippen LogP contribution is -2.44. The molecule has 31 heavy (non-hydrogen) atoms. The highest BCUT2D eigenvalue weighted by Crippen LogP contribution is 2.30. The lowest BCUT2D eigenvalue weighted by atomic mass is 9.98. The molecule has 1 atom stereocenters. The summed E-state index contributed by atoms with van der Waals surface area (Å²) in [5.74, 6) is 0.585. The topological polar surface area (TPSA) is 84.9 Å². The first-order chi connectivity index (χ1) is 14.9. The fraction of sp³-hybridized carbons (Fsp3) is 0.435. The summed E-state index contributed by atoms with van der Waals surface area (Å²) < 4.78 is 37.7. The van der Waals surface area contributed by atoms with Crippen LogP contribution in [0.15, 0.2) is 48.5 Å². The third-order valence-corrected chi connectivity index (χ3v) is 7.45. The van der Waals surface area contributed by atoms with Crippen LogP contribution in [0.25, 0.3) is 0 Å². The number of hydrogen-bond acceptors (Lipinski definition) is 5. The molecule has 0 bridgehead atoms. The van der Waals surface area contributed by atoms with Crippen LogP contribution in [0.4, 0.5) is 5.69 Å². The van der Waals surface area contributed by atoms with Crippen molar-refractivity contribution in [2.45, 2.75) is 25.7 Å². The van der Waals surface area contributed by atoms with Crippen LogP contribution in [0.5, 0.6) is 11.5 Å². The van der Waals surface area contributed by atoms with Gasteiger partial charge in [-0.05, 0) is 43.4 Å². The molecule has 1 heterocycles. The van der Waals surface area contributed by atoms with Gasteiger partial charge in [0.2, 0.25) is 15.9 Å². The fourth-order valence-corrected chi connectivity index (χ4v) is 5.37. The van der Waals surface area contributed by atoms with Gasteiger partial charge < -0.3 is 14.8 Å². The molecule has 0 saturated carbocycles. The zero-order valence-corrected chi connectivity index (χ0v) is 18.9. The minimum atomic E-state index is -3.41. The number of piperidine rings is 1. The van der Waals surface area contributed by atoms with E-state index in [0.717, 1.165) is 5.56 Å². The summed E-state index contributed by atoms with van der Waals surface area (Å²) in [5.41, 5.74) is 1.63. The van der Waals surface area contributed by atoms with Crippen molar-refractivity contribution in [2.24, 2.45) is 5.92 Å². The number of ether oxygens (including phenoxy) is 2. The van der Waals surface area contributed by atoms with Gasteiger partial charge >= 0.3 is 0 Å². The Kier molecular flexibility index (Phi) is 7.92. The highest BCUT2D eigenvalue weighted by Gasteiger charge is 2.32. The Morgan fingerprint density at radius 1 is 1.13 bits per heavy atom. The second-order valence-corrected chi connectivity index (χ2v) is 9.75. The third-order valence-electron chi connectivity index (χ3n) is 5.52. The number of carbonyl (C=O) groups excluding carboxylic acids is 1. The van der Waals surface area contributed by atoms with Crippen LogP contribution < -0.4 is 14.8 Å². The third kappa shape index (κ3) is 6.21. The van der Waals surface area contributed by atoms with Gasteiger partial charge in [0, 0.05) is 19.2 Å². The van der Waals surface area contributed by atoms with E-state index in [-0.39, 0.29) is 18.2 Å². The maximum absolute atomic E-state index is 12.9. The van der Waals surface area contributed by atoms with E-state index in [1.807, 2.05) is 30.3 Å². The van der Waals surface area contributed by atoms with E-state index in [2.05, 4.69) is 5.32 Å². The quantitative estimate of drug-likeness (QED) is 0.639. The zero-order chi connectivity index (χ0) is 22.3. The van der Waals surface area contributed by atoms with Gasteiger partial charge in [-0.2, -0.15) is 0 Å². The monoisotopic (exact) mass is 446 g/mol. The number of aryl methyl sites for hydroxylation is 1. The fourth-order valence-electron chi connectivity index (χ4n) is 3.79. The van der Waals surface area contributed by atoms with Crippen LogP contribution in [0.3, 0.4) is 0 Å². The highest BCUT2D eigenvalue weighted by atomic mass is 32.2. The van der Waals surface area contributed by atoms with Crippen molar-refractivity contribution in [1.29, 1.82) is 0 Å². The molecule has 0 radical (unpaired) electrons. The number of nitrogens with zero attached hydrogens (tertiary/aromatic N) is 1. The summed E-state index contributed by atoms with van der Waals surface area (Å²) in [7, 11) is -0.327. The van der Waals surface area contributed by atoms with Crippen LogP contribution in [-0.4, -0.2) is 51.7 Å². The Labute approximate surface area is 184 Å². The molecule has 1 amide bonds. The van der Waals surface area contributed by atoms with E-state index in [4.69, 9.17) is 9.47 Å². The smallest absolute Gasteiger partial charge is 0.228 e. The summed E-state index contributed by atoms with van der Waals surface area (Å²) in [5, 5.41) is 2.88. The summed E-state index contributed by atoms with van der Waals surface area (Å²) >= 11 is 0. The minimum Gasteiger partial charge on any atom is -0.497 e. The molecule has 0 spiro atoms. The number of benzene rings is 2. The molecule has 7 nitrogen and oxygen atoms in total. The number of methoxy groups -OCH3 is 2. The predicted molar refractivity (Wildman–Crippen MR) is 121 cm³/mol. The summed E-state index contributed by atoms with van der Waals surface area (Å²) in [6.45, 7) is 0.658. The van der Waals surface area contributed by atoms with Gasteiger partial charge in [0.1, 0.15) is 11.5 Å². The van der Waals surface area contributed by atoms with E-state index in [1.165, 1.54) is 11.4 Å². The van der Waals surface area contributed by atoms with Crippen LogP contribution in [0.2, 0.25) is 0 Å². The summed E-state index contributed by atoms with van der Waals surface area (Å²) in [6, 6.07) is 15.0. The van der Waals surface area contributed by atoms with E-state index < -0.39 is 15.9 Å². The molecular weight excluding hydrogens is 416 g/mol. The van der Waals surface area contributed by atoms with Crippen LogP contribution >= 0.6 is 0 Å². The Hall–Kier alpha value is -2.58. The first-order valence-corrected chi connectivity index (χ1v) is 12.1. The van der Waals surface area contributed by atoms with Crippen molar-refractivity contribution in [3.8, 4) is 11.5 Å². The first-order valence-electron chi connectivity index (χ1n) is 10.5. The maximum Gasteiger partial charge on any atom is 0.228 e. The van der Waals surface area contributed by atoms with Gasteiger partial charge in [-0.15, -0.1) is 0 Å². The summed E-state index contributed by atoms with van der Waals surface area (Å²) in [6.07, 6.45) is 2.58. The van der Waals surface area contributed by atoms with Gasteiger partial charge in [-0.1, -0.05) is 30.3 Å². The van der Waals surface area contributed by atoms with E-state index in [0.29, 0.717) is 49.4 Å². The van der Waals surface area contributed by atoms with Crippen LogP contribution in [0.1, 0.15) is 24.8 Å². The predicted octanol–water partition coefficient (Wildman–Crippen LogP) is 3.32. The van der Waals surface area contributed by atoms with Crippen molar-refractivity contribution in [3.05, 3.63) is 54.1 Å². The van der Waals surface area contributed by atoms with Gasteiger partial charge in [-0.25, -0.2) is 12.7 Å². The average Bonchev–Trinajstić information content (AvgIpc) is 2.79. The Balaban J connectivity index is 1.59. The molecule has 1 aliphatic heterocycles. The SMILES string of the molecule is COc1ccc(OC)c(NC(=O)[C@@H]2CCCN(S(=O)(=O)CCCc3ccccc3)C2)c1. The normalized spacial score (nSPS) is 17.2. The van der Waals surface area contributed by atoms with Gasteiger partial charge in [0.15, 0.2) is 0 Å². The molecule has 2 aromatic carbocycles. The molecular formula is C23H30N2O5S. The molecule has 168 valence electrons. The lowest BCUT2D eigenvalue weighted by molar-refractivity contribution is -0.120. The first kappa shape index (κ1) is 23.1. The standard InChI is InChI=1S/C23H30N2O5S/c1-29-20-12-13-22(30-2)21(16-20)24-23(26)19-11-6-14-25(17-19)31(27,28)15-7-10-18-8-4-3-5-9-18/h3-5,8-9,12-13,16,19H,6-7,10-11,14-15,17H2,1-2H3,(H,24,26)/t19-/m1/s1. The Morgan fingerprint density at radius 3 is 2.61 bits per heavy atom. The molecule has 2 aromatic rings. The van der Waals surface area contributed by atoms with Crippen molar-refractivity contribution in [1.82, 2.24) is 4.31 Å². The second kappa shape index (κ2) is 10.6. The molecule has 0 unspecified atom stereocenters.